The normalized spacial score (nSPS) is 12.3. The van der Waals surface area contributed by atoms with Crippen LogP contribution in [0.4, 0.5) is 0 Å². The van der Waals surface area contributed by atoms with Crippen molar-refractivity contribution in [1.82, 2.24) is 4.98 Å². The number of pyridine rings is 1. The van der Waals surface area contributed by atoms with Gasteiger partial charge in [0.15, 0.2) is 0 Å². The maximum absolute atomic E-state index is 9.20. The minimum Gasteiger partial charge on any atom is -0.508 e. The quantitative estimate of drug-likeness (QED) is 0.806. The largest absolute Gasteiger partial charge is 0.508 e. The van der Waals surface area contributed by atoms with Crippen LogP contribution in [0.5, 0.6) is 5.75 Å². The van der Waals surface area contributed by atoms with Crippen LogP contribution in [0.25, 0.3) is 0 Å². The molecule has 2 aromatic rings. The molecular weight excluding hydrogens is 186 g/mol. The molecule has 1 aromatic heterocycles. The standard InChI is InChI=1S/C13H13NO/c1-10(12-3-2-8-14-9-12)11-4-6-13(15)7-5-11/h2-10,15H,1H3. The lowest BCUT2D eigenvalue weighted by Gasteiger charge is -2.11. The maximum atomic E-state index is 9.20. The predicted octanol–water partition coefficient (Wildman–Crippen LogP) is 2.94. The van der Waals surface area contributed by atoms with E-state index in [2.05, 4.69) is 18.0 Å². The minimum absolute atomic E-state index is 0.303. The zero-order valence-corrected chi connectivity index (χ0v) is 8.59. The summed E-state index contributed by atoms with van der Waals surface area (Å²) in [7, 11) is 0. The van der Waals surface area contributed by atoms with Crippen molar-refractivity contribution in [2.45, 2.75) is 12.8 Å². The Morgan fingerprint density at radius 1 is 1.07 bits per heavy atom. The summed E-state index contributed by atoms with van der Waals surface area (Å²) in [5, 5.41) is 9.20. The minimum atomic E-state index is 0.303. The summed E-state index contributed by atoms with van der Waals surface area (Å²) in [6.45, 7) is 2.13. The summed E-state index contributed by atoms with van der Waals surface area (Å²) < 4.78 is 0. The molecule has 0 radical (unpaired) electrons. The van der Waals surface area contributed by atoms with Crippen LogP contribution >= 0.6 is 0 Å². The Morgan fingerprint density at radius 2 is 1.80 bits per heavy atom. The number of phenols is 1. The number of aromatic hydroxyl groups is 1. The summed E-state index contributed by atoms with van der Waals surface area (Å²) in [4.78, 5) is 4.10. The van der Waals surface area contributed by atoms with Gasteiger partial charge in [0.1, 0.15) is 5.75 Å². The molecule has 0 bridgehead atoms. The van der Waals surface area contributed by atoms with Gasteiger partial charge in [0.25, 0.3) is 0 Å². The van der Waals surface area contributed by atoms with E-state index in [1.165, 1.54) is 11.1 Å². The third-order valence-electron chi connectivity index (χ3n) is 2.58. The first-order chi connectivity index (χ1) is 7.27. The molecular formula is C13H13NO. The molecule has 1 heterocycles. The van der Waals surface area contributed by atoms with Crippen LogP contribution in [0.1, 0.15) is 24.0 Å². The van der Waals surface area contributed by atoms with Crippen molar-refractivity contribution in [1.29, 1.82) is 0 Å². The van der Waals surface area contributed by atoms with Gasteiger partial charge < -0.3 is 5.11 Å². The van der Waals surface area contributed by atoms with Crippen LogP contribution in [-0.4, -0.2) is 10.1 Å². The first-order valence-electron chi connectivity index (χ1n) is 4.96. The molecule has 1 unspecified atom stereocenters. The summed E-state index contributed by atoms with van der Waals surface area (Å²) in [5.41, 5.74) is 2.36. The van der Waals surface area contributed by atoms with E-state index in [1.807, 2.05) is 24.4 Å². The van der Waals surface area contributed by atoms with E-state index in [0.29, 0.717) is 11.7 Å². The molecule has 0 saturated heterocycles. The first-order valence-corrected chi connectivity index (χ1v) is 4.96. The highest BCUT2D eigenvalue weighted by molar-refractivity contribution is 5.33. The second kappa shape index (κ2) is 4.13. The molecule has 0 saturated carbocycles. The molecule has 2 heteroatoms. The van der Waals surface area contributed by atoms with Crippen LogP contribution in [0.2, 0.25) is 0 Å². The number of hydrogen-bond acceptors (Lipinski definition) is 2. The second-order valence-electron chi connectivity index (χ2n) is 3.60. The molecule has 0 aliphatic rings. The van der Waals surface area contributed by atoms with Crippen LogP contribution in [0.3, 0.4) is 0 Å². The number of phenolic OH excluding ortho intramolecular Hbond substituents is 1. The molecule has 1 atom stereocenters. The van der Waals surface area contributed by atoms with Crippen molar-refractivity contribution in [3.63, 3.8) is 0 Å². The van der Waals surface area contributed by atoms with Crippen LogP contribution in [0, 0.1) is 0 Å². The fourth-order valence-electron chi connectivity index (χ4n) is 1.59. The molecule has 1 N–H and O–H groups in total. The Hall–Kier alpha value is -1.83. The van der Waals surface area contributed by atoms with Gasteiger partial charge in [0.2, 0.25) is 0 Å². The van der Waals surface area contributed by atoms with Crippen molar-refractivity contribution < 1.29 is 5.11 Å². The fourth-order valence-corrected chi connectivity index (χ4v) is 1.59. The van der Waals surface area contributed by atoms with Crippen molar-refractivity contribution in [3.8, 4) is 5.75 Å². The van der Waals surface area contributed by atoms with Crippen molar-refractivity contribution >= 4 is 0 Å². The average Bonchev–Trinajstić information content (AvgIpc) is 2.30. The van der Waals surface area contributed by atoms with Gasteiger partial charge in [-0.15, -0.1) is 0 Å². The SMILES string of the molecule is CC(c1ccc(O)cc1)c1cccnc1. The van der Waals surface area contributed by atoms with Crippen LogP contribution in [0.15, 0.2) is 48.8 Å². The molecule has 76 valence electrons. The van der Waals surface area contributed by atoms with Gasteiger partial charge in [-0.25, -0.2) is 0 Å². The van der Waals surface area contributed by atoms with Gasteiger partial charge in [-0.05, 0) is 29.3 Å². The summed E-state index contributed by atoms with van der Waals surface area (Å²) in [5.74, 6) is 0.608. The molecule has 2 nitrogen and oxygen atoms in total. The molecule has 15 heavy (non-hydrogen) atoms. The highest BCUT2D eigenvalue weighted by Gasteiger charge is 2.07. The van der Waals surface area contributed by atoms with E-state index in [9.17, 15) is 5.11 Å². The Labute approximate surface area is 89.2 Å². The second-order valence-corrected chi connectivity index (χ2v) is 3.60. The highest BCUT2D eigenvalue weighted by atomic mass is 16.3. The smallest absolute Gasteiger partial charge is 0.115 e. The number of rotatable bonds is 2. The monoisotopic (exact) mass is 199 g/mol. The number of nitrogens with zero attached hydrogens (tertiary/aromatic N) is 1. The molecule has 0 amide bonds. The lowest BCUT2D eigenvalue weighted by molar-refractivity contribution is 0.475. The zero-order chi connectivity index (χ0) is 10.7. The van der Waals surface area contributed by atoms with E-state index in [0.717, 1.165) is 0 Å². The Bertz CT molecular complexity index is 422. The Balaban J connectivity index is 2.29. The Morgan fingerprint density at radius 3 is 2.40 bits per heavy atom. The van der Waals surface area contributed by atoms with Crippen molar-refractivity contribution in [2.24, 2.45) is 0 Å². The third kappa shape index (κ3) is 2.15. The van der Waals surface area contributed by atoms with Crippen LogP contribution < -0.4 is 0 Å². The van der Waals surface area contributed by atoms with E-state index in [-0.39, 0.29) is 0 Å². The van der Waals surface area contributed by atoms with Gasteiger partial charge in [-0.2, -0.15) is 0 Å². The topological polar surface area (TPSA) is 33.1 Å². The summed E-state index contributed by atoms with van der Waals surface area (Å²) in [6, 6.07) is 11.3. The Kier molecular flexibility index (Phi) is 2.68. The van der Waals surface area contributed by atoms with E-state index >= 15 is 0 Å². The van der Waals surface area contributed by atoms with E-state index in [4.69, 9.17) is 0 Å². The van der Waals surface area contributed by atoms with Gasteiger partial charge in [0, 0.05) is 18.3 Å². The zero-order valence-electron chi connectivity index (χ0n) is 8.59. The highest BCUT2D eigenvalue weighted by Crippen LogP contribution is 2.24. The lowest BCUT2D eigenvalue weighted by atomic mass is 9.94. The van der Waals surface area contributed by atoms with Crippen molar-refractivity contribution in [2.75, 3.05) is 0 Å². The van der Waals surface area contributed by atoms with Crippen molar-refractivity contribution in [3.05, 3.63) is 59.9 Å². The van der Waals surface area contributed by atoms with Gasteiger partial charge in [0.05, 0.1) is 0 Å². The number of hydrogen-bond donors (Lipinski definition) is 1. The predicted molar refractivity (Wildman–Crippen MR) is 59.9 cm³/mol. The van der Waals surface area contributed by atoms with E-state index in [1.54, 1.807) is 18.3 Å². The molecule has 0 spiro atoms. The van der Waals surface area contributed by atoms with Crippen LogP contribution in [-0.2, 0) is 0 Å². The molecule has 0 aliphatic heterocycles. The molecule has 1 aromatic carbocycles. The van der Waals surface area contributed by atoms with E-state index < -0.39 is 0 Å². The summed E-state index contributed by atoms with van der Waals surface area (Å²) in [6.07, 6.45) is 3.64. The molecule has 2 rings (SSSR count). The molecule has 0 aliphatic carbocycles. The molecule has 0 fully saturated rings. The average molecular weight is 199 g/mol. The van der Waals surface area contributed by atoms with Gasteiger partial charge in [-0.1, -0.05) is 25.1 Å². The third-order valence-corrected chi connectivity index (χ3v) is 2.58. The first kappa shape index (κ1) is 9.71. The summed E-state index contributed by atoms with van der Waals surface area (Å²) >= 11 is 0. The lowest BCUT2D eigenvalue weighted by Crippen LogP contribution is -1.95. The maximum Gasteiger partial charge on any atom is 0.115 e. The fraction of sp³-hybridized carbons (Fsp3) is 0.154. The van der Waals surface area contributed by atoms with Gasteiger partial charge in [-0.3, -0.25) is 4.98 Å². The number of aromatic nitrogens is 1. The van der Waals surface area contributed by atoms with Gasteiger partial charge >= 0.3 is 0 Å². The number of benzene rings is 1.